The Morgan fingerprint density at radius 3 is 2.56 bits per heavy atom. The zero-order valence-corrected chi connectivity index (χ0v) is 14.7. The molecule has 0 radical (unpaired) electrons. The number of amides is 1. The van der Waals surface area contributed by atoms with Crippen molar-refractivity contribution in [1.29, 1.82) is 0 Å². The van der Waals surface area contributed by atoms with Gasteiger partial charge in [-0.1, -0.05) is 24.3 Å². The van der Waals surface area contributed by atoms with Crippen molar-refractivity contribution < 1.29 is 17.6 Å². The molecule has 0 atom stereocenters. The molecule has 1 aromatic heterocycles. The first-order chi connectivity index (χ1) is 11.9. The minimum absolute atomic E-state index is 0.149. The first-order valence-electron chi connectivity index (χ1n) is 7.47. The van der Waals surface area contributed by atoms with Crippen LogP contribution in [0.3, 0.4) is 0 Å². The fraction of sp³-hybridized carbons (Fsp3) is 0.176. The van der Waals surface area contributed by atoms with Gasteiger partial charge in [0.05, 0.1) is 10.2 Å². The van der Waals surface area contributed by atoms with Crippen LogP contribution in [0.25, 0.3) is 10.2 Å². The lowest BCUT2D eigenvalue weighted by Gasteiger charge is -2.06. The fourth-order valence-corrected chi connectivity index (χ4v) is 4.86. The molecule has 3 aromatic rings. The van der Waals surface area contributed by atoms with Gasteiger partial charge >= 0.3 is 0 Å². The summed E-state index contributed by atoms with van der Waals surface area (Å²) < 4.78 is 38.1. The number of rotatable bonds is 6. The van der Waals surface area contributed by atoms with E-state index in [-0.39, 0.29) is 18.1 Å². The summed E-state index contributed by atoms with van der Waals surface area (Å²) >= 11 is 1.31. The van der Waals surface area contributed by atoms with Crippen LogP contribution in [0.4, 0.5) is 4.39 Å². The van der Waals surface area contributed by atoms with Gasteiger partial charge in [0.15, 0.2) is 9.84 Å². The van der Waals surface area contributed by atoms with Crippen molar-refractivity contribution in [2.24, 2.45) is 0 Å². The number of benzene rings is 2. The highest BCUT2D eigenvalue weighted by Crippen LogP contribution is 2.23. The molecule has 0 bridgehead atoms. The van der Waals surface area contributed by atoms with Crippen molar-refractivity contribution in [2.45, 2.75) is 12.3 Å². The molecular weight excluding hydrogens is 363 g/mol. The lowest BCUT2D eigenvalue weighted by Crippen LogP contribution is -2.30. The number of aromatic nitrogens is 1. The van der Waals surface area contributed by atoms with E-state index in [9.17, 15) is 17.6 Å². The third-order valence-corrected chi connectivity index (χ3v) is 6.07. The van der Waals surface area contributed by atoms with E-state index >= 15 is 0 Å². The molecule has 0 aliphatic carbocycles. The predicted octanol–water partition coefficient (Wildman–Crippen LogP) is 2.67. The van der Waals surface area contributed by atoms with Crippen LogP contribution >= 0.6 is 11.3 Å². The average Bonchev–Trinajstić information content (AvgIpc) is 2.95. The smallest absolute Gasteiger partial charge is 0.235 e. The summed E-state index contributed by atoms with van der Waals surface area (Å²) in [6.45, 7) is 0.149. The van der Waals surface area contributed by atoms with Gasteiger partial charge in [-0.2, -0.15) is 0 Å². The van der Waals surface area contributed by atoms with Gasteiger partial charge in [-0.25, -0.2) is 17.8 Å². The van der Waals surface area contributed by atoms with Crippen LogP contribution < -0.4 is 5.32 Å². The van der Waals surface area contributed by atoms with Gasteiger partial charge in [-0.05, 0) is 29.8 Å². The number of carbonyl (C=O) groups is 1. The molecule has 1 amide bonds. The number of hydrogen-bond donors (Lipinski definition) is 1. The summed E-state index contributed by atoms with van der Waals surface area (Å²) in [4.78, 5) is 16.2. The molecule has 3 rings (SSSR count). The first kappa shape index (κ1) is 17.5. The molecule has 1 N–H and O–H groups in total. The molecule has 130 valence electrons. The molecule has 0 unspecified atom stereocenters. The molecule has 0 aliphatic rings. The molecule has 0 aliphatic heterocycles. The van der Waals surface area contributed by atoms with E-state index in [0.717, 1.165) is 10.2 Å². The third kappa shape index (κ3) is 4.83. The van der Waals surface area contributed by atoms with Crippen LogP contribution in [-0.2, 0) is 26.9 Å². The van der Waals surface area contributed by atoms with Crippen molar-refractivity contribution in [1.82, 2.24) is 10.3 Å². The summed E-state index contributed by atoms with van der Waals surface area (Å²) in [7, 11) is -3.62. The van der Waals surface area contributed by atoms with E-state index in [1.54, 1.807) is 0 Å². The summed E-state index contributed by atoms with van der Waals surface area (Å²) in [6, 6.07) is 13.0. The lowest BCUT2D eigenvalue weighted by molar-refractivity contribution is -0.118. The van der Waals surface area contributed by atoms with Crippen LogP contribution in [0.15, 0.2) is 48.5 Å². The molecule has 0 spiro atoms. The highest BCUT2D eigenvalue weighted by Gasteiger charge is 2.19. The maximum atomic E-state index is 12.8. The molecular formula is C17H15FN2O3S2. The molecule has 0 fully saturated rings. The quantitative estimate of drug-likeness (QED) is 0.715. The summed E-state index contributed by atoms with van der Waals surface area (Å²) in [5.41, 5.74) is 1.44. The molecule has 0 saturated heterocycles. The number of halogens is 1. The van der Waals surface area contributed by atoms with Gasteiger partial charge in [0.1, 0.15) is 22.3 Å². The van der Waals surface area contributed by atoms with Gasteiger partial charge in [0, 0.05) is 6.54 Å². The van der Waals surface area contributed by atoms with E-state index in [0.29, 0.717) is 10.6 Å². The maximum Gasteiger partial charge on any atom is 0.235 e. The van der Waals surface area contributed by atoms with E-state index < -0.39 is 21.5 Å². The van der Waals surface area contributed by atoms with Gasteiger partial charge in [-0.15, -0.1) is 11.3 Å². The molecule has 2 aromatic carbocycles. The van der Waals surface area contributed by atoms with Crippen LogP contribution in [0.1, 0.15) is 10.6 Å². The monoisotopic (exact) mass is 378 g/mol. The fourth-order valence-electron chi connectivity index (χ4n) is 2.27. The number of thiazole rings is 1. The van der Waals surface area contributed by atoms with Crippen molar-refractivity contribution in [3.8, 4) is 0 Å². The van der Waals surface area contributed by atoms with Crippen LogP contribution in [0.5, 0.6) is 0 Å². The molecule has 5 nitrogen and oxygen atoms in total. The summed E-state index contributed by atoms with van der Waals surface area (Å²) in [6.07, 6.45) is 0. The Morgan fingerprint density at radius 1 is 1.12 bits per heavy atom. The second-order valence-corrected chi connectivity index (χ2v) is 8.69. The van der Waals surface area contributed by atoms with Crippen LogP contribution in [0.2, 0.25) is 0 Å². The predicted molar refractivity (Wildman–Crippen MR) is 95.4 cm³/mol. The van der Waals surface area contributed by atoms with Crippen LogP contribution in [-0.4, -0.2) is 25.1 Å². The van der Waals surface area contributed by atoms with E-state index in [2.05, 4.69) is 10.3 Å². The molecule has 25 heavy (non-hydrogen) atoms. The Labute approximate surface area is 148 Å². The number of nitrogens with one attached hydrogen (secondary N) is 1. The average molecular weight is 378 g/mol. The number of sulfone groups is 1. The number of fused-ring (bicyclic) bond motifs is 1. The standard InChI is InChI=1S/C17H15FN2O3S2/c18-13-7-5-12(6-8-13)9-19-16(21)10-25(22,23)11-17-20-14-3-1-2-4-15(14)24-17/h1-8H,9-11H2,(H,19,21). The van der Waals surface area contributed by atoms with E-state index in [1.807, 2.05) is 24.3 Å². The minimum Gasteiger partial charge on any atom is -0.351 e. The van der Waals surface area contributed by atoms with Gasteiger partial charge < -0.3 is 5.32 Å². The number of carbonyl (C=O) groups excluding carboxylic acids is 1. The number of para-hydroxylation sites is 1. The highest BCUT2D eigenvalue weighted by atomic mass is 32.2. The third-order valence-electron chi connectivity index (χ3n) is 3.44. The van der Waals surface area contributed by atoms with E-state index in [4.69, 9.17) is 0 Å². The lowest BCUT2D eigenvalue weighted by atomic mass is 10.2. The second kappa shape index (κ2) is 7.28. The zero-order chi connectivity index (χ0) is 17.9. The zero-order valence-electron chi connectivity index (χ0n) is 13.1. The van der Waals surface area contributed by atoms with Crippen molar-refractivity contribution in [3.63, 3.8) is 0 Å². The van der Waals surface area contributed by atoms with Crippen molar-refractivity contribution >= 4 is 37.3 Å². The largest absolute Gasteiger partial charge is 0.351 e. The topological polar surface area (TPSA) is 76.1 Å². The minimum atomic E-state index is -3.62. The Bertz CT molecular complexity index is 965. The Hall–Kier alpha value is -2.32. The van der Waals surface area contributed by atoms with Gasteiger partial charge in [0.25, 0.3) is 0 Å². The molecule has 1 heterocycles. The maximum absolute atomic E-state index is 12.8. The highest BCUT2D eigenvalue weighted by molar-refractivity contribution is 7.91. The number of hydrogen-bond acceptors (Lipinski definition) is 5. The van der Waals surface area contributed by atoms with Gasteiger partial charge in [0.2, 0.25) is 5.91 Å². The summed E-state index contributed by atoms with van der Waals surface area (Å²) in [5, 5.41) is 2.99. The van der Waals surface area contributed by atoms with Gasteiger partial charge in [-0.3, -0.25) is 4.79 Å². The van der Waals surface area contributed by atoms with E-state index in [1.165, 1.54) is 35.6 Å². The van der Waals surface area contributed by atoms with Crippen LogP contribution in [0, 0.1) is 5.82 Å². The normalized spacial score (nSPS) is 11.6. The number of nitrogens with zero attached hydrogens (tertiary/aromatic N) is 1. The first-order valence-corrected chi connectivity index (χ1v) is 10.1. The van der Waals surface area contributed by atoms with Crippen molar-refractivity contribution in [3.05, 3.63) is 64.9 Å². The van der Waals surface area contributed by atoms with Crippen molar-refractivity contribution in [2.75, 3.05) is 5.75 Å². The molecule has 8 heteroatoms. The Kier molecular flexibility index (Phi) is 5.10. The Balaban J connectivity index is 1.58. The molecule has 0 saturated carbocycles. The second-order valence-electron chi connectivity index (χ2n) is 5.51. The summed E-state index contributed by atoms with van der Waals surface area (Å²) in [5.74, 6) is -1.83. The Morgan fingerprint density at radius 2 is 1.84 bits per heavy atom. The SMILES string of the molecule is O=C(CS(=O)(=O)Cc1nc2ccccc2s1)NCc1ccc(F)cc1.